The molecule has 0 atom stereocenters. The predicted molar refractivity (Wildman–Crippen MR) is 85.5 cm³/mol. The Labute approximate surface area is 134 Å². The molecule has 2 aromatic rings. The first kappa shape index (κ1) is 14.9. The van der Waals surface area contributed by atoms with E-state index in [1.54, 1.807) is 13.8 Å². The number of carbonyl (C=O) groups is 1. The second-order valence-corrected chi connectivity index (χ2v) is 5.84. The predicted octanol–water partition coefficient (Wildman–Crippen LogP) is 2.91. The highest BCUT2D eigenvalue weighted by Crippen LogP contribution is 2.21. The van der Waals surface area contributed by atoms with E-state index in [-0.39, 0.29) is 5.91 Å². The lowest BCUT2D eigenvalue weighted by atomic mass is 10.2. The zero-order valence-corrected chi connectivity index (χ0v) is 13.4. The Bertz CT molecular complexity index is 690. The van der Waals surface area contributed by atoms with Crippen molar-refractivity contribution >= 4 is 23.2 Å². The second-order valence-electron chi connectivity index (χ2n) is 5.41. The summed E-state index contributed by atoms with van der Waals surface area (Å²) in [5, 5.41) is 0.726. The van der Waals surface area contributed by atoms with E-state index in [1.807, 2.05) is 29.2 Å². The van der Waals surface area contributed by atoms with Crippen molar-refractivity contribution in [1.29, 1.82) is 0 Å². The van der Waals surface area contributed by atoms with Gasteiger partial charge < -0.3 is 14.2 Å². The van der Waals surface area contributed by atoms with Crippen LogP contribution in [0.1, 0.15) is 22.1 Å². The molecule has 0 saturated carbocycles. The summed E-state index contributed by atoms with van der Waals surface area (Å²) < 4.78 is 5.42. The quantitative estimate of drug-likeness (QED) is 0.854. The van der Waals surface area contributed by atoms with Crippen molar-refractivity contribution in [2.24, 2.45) is 0 Å². The van der Waals surface area contributed by atoms with Gasteiger partial charge in [-0.25, -0.2) is 4.98 Å². The van der Waals surface area contributed by atoms with Crippen molar-refractivity contribution in [3.05, 3.63) is 46.6 Å². The Balaban J connectivity index is 1.67. The van der Waals surface area contributed by atoms with Crippen LogP contribution in [-0.2, 0) is 0 Å². The topological polar surface area (TPSA) is 49.6 Å². The first-order valence-corrected chi connectivity index (χ1v) is 7.66. The molecule has 1 fully saturated rings. The lowest BCUT2D eigenvalue weighted by Crippen LogP contribution is -2.48. The summed E-state index contributed by atoms with van der Waals surface area (Å²) in [7, 11) is 0. The van der Waals surface area contributed by atoms with E-state index in [9.17, 15) is 4.79 Å². The lowest BCUT2D eigenvalue weighted by molar-refractivity contribution is 0.0712. The summed E-state index contributed by atoms with van der Waals surface area (Å²) in [4.78, 5) is 20.7. The lowest BCUT2D eigenvalue weighted by Gasteiger charge is -2.35. The highest BCUT2D eigenvalue weighted by molar-refractivity contribution is 6.30. The minimum absolute atomic E-state index is 0.0798. The highest BCUT2D eigenvalue weighted by atomic mass is 35.5. The van der Waals surface area contributed by atoms with E-state index in [4.69, 9.17) is 16.0 Å². The number of carbonyl (C=O) groups excluding carboxylic acids is 1. The van der Waals surface area contributed by atoms with Gasteiger partial charge in [0, 0.05) is 43.8 Å². The van der Waals surface area contributed by atoms with Gasteiger partial charge >= 0.3 is 0 Å². The van der Waals surface area contributed by atoms with Crippen LogP contribution in [0.25, 0.3) is 0 Å². The Morgan fingerprint density at radius 2 is 1.95 bits per heavy atom. The number of aryl methyl sites for hydroxylation is 2. The van der Waals surface area contributed by atoms with Gasteiger partial charge in [0.15, 0.2) is 5.89 Å². The Morgan fingerprint density at radius 3 is 2.55 bits per heavy atom. The molecule has 6 heteroatoms. The highest BCUT2D eigenvalue weighted by Gasteiger charge is 2.26. The number of aromatic nitrogens is 1. The first-order valence-electron chi connectivity index (χ1n) is 7.28. The number of amides is 1. The van der Waals surface area contributed by atoms with Gasteiger partial charge in [-0.2, -0.15) is 0 Å². The van der Waals surface area contributed by atoms with Gasteiger partial charge in [-0.05, 0) is 25.1 Å². The van der Waals surface area contributed by atoms with Crippen molar-refractivity contribution < 1.29 is 9.21 Å². The van der Waals surface area contributed by atoms with E-state index >= 15 is 0 Å². The van der Waals surface area contributed by atoms with Crippen LogP contribution in [0.15, 0.2) is 28.7 Å². The van der Waals surface area contributed by atoms with Gasteiger partial charge in [0.25, 0.3) is 5.91 Å². The summed E-state index contributed by atoms with van der Waals surface area (Å²) in [6.07, 6.45) is 0. The Kier molecular flexibility index (Phi) is 4.07. The average molecular weight is 320 g/mol. The van der Waals surface area contributed by atoms with Gasteiger partial charge in [0.1, 0.15) is 0 Å². The molecule has 1 aliphatic rings. The van der Waals surface area contributed by atoms with E-state index in [0.29, 0.717) is 30.4 Å². The molecule has 3 rings (SSSR count). The number of hydrogen-bond acceptors (Lipinski definition) is 4. The molecule has 22 heavy (non-hydrogen) atoms. The molecule has 5 nitrogen and oxygen atoms in total. The molecule has 2 heterocycles. The number of nitrogens with zero attached hydrogens (tertiary/aromatic N) is 3. The molecule has 0 aliphatic carbocycles. The fourth-order valence-corrected chi connectivity index (χ4v) is 2.90. The summed E-state index contributed by atoms with van der Waals surface area (Å²) >= 11 is 6.03. The maximum absolute atomic E-state index is 12.5. The molecule has 0 bridgehead atoms. The maximum atomic E-state index is 12.5. The molecule has 116 valence electrons. The smallest absolute Gasteiger partial charge is 0.291 e. The molecule has 1 aromatic carbocycles. The number of oxazole rings is 1. The van der Waals surface area contributed by atoms with Crippen LogP contribution in [-0.4, -0.2) is 42.0 Å². The number of rotatable bonds is 2. The zero-order valence-electron chi connectivity index (χ0n) is 12.7. The van der Waals surface area contributed by atoms with Crippen LogP contribution in [0, 0.1) is 13.8 Å². The van der Waals surface area contributed by atoms with E-state index in [0.717, 1.165) is 23.8 Å². The molecule has 1 amide bonds. The Morgan fingerprint density at radius 1 is 1.23 bits per heavy atom. The zero-order chi connectivity index (χ0) is 15.7. The van der Waals surface area contributed by atoms with Crippen LogP contribution >= 0.6 is 11.6 Å². The van der Waals surface area contributed by atoms with Gasteiger partial charge in [-0.15, -0.1) is 0 Å². The van der Waals surface area contributed by atoms with Gasteiger partial charge in [0.2, 0.25) is 5.76 Å². The van der Waals surface area contributed by atoms with Crippen molar-refractivity contribution in [3.63, 3.8) is 0 Å². The fourth-order valence-electron chi connectivity index (χ4n) is 2.71. The van der Waals surface area contributed by atoms with Crippen LogP contribution in [0.4, 0.5) is 5.69 Å². The van der Waals surface area contributed by atoms with Crippen molar-refractivity contribution in [2.75, 3.05) is 31.1 Å². The summed E-state index contributed by atoms with van der Waals surface area (Å²) in [6, 6.07) is 7.78. The molecule has 0 spiro atoms. The number of piperazine rings is 1. The van der Waals surface area contributed by atoms with Crippen molar-refractivity contribution in [3.8, 4) is 0 Å². The summed E-state index contributed by atoms with van der Waals surface area (Å²) in [5.41, 5.74) is 1.74. The SMILES string of the molecule is Cc1nc(C)c(C(=O)N2CCN(c3cccc(Cl)c3)CC2)o1. The van der Waals surface area contributed by atoms with Gasteiger partial charge in [-0.1, -0.05) is 17.7 Å². The third-order valence-electron chi connectivity index (χ3n) is 3.84. The monoisotopic (exact) mass is 319 g/mol. The van der Waals surface area contributed by atoms with Crippen LogP contribution in [0.2, 0.25) is 5.02 Å². The molecule has 1 saturated heterocycles. The molecule has 1 aromatic heterocycles. The van der Waals surface area contributed by atoms with Crippen molar-refractivity contribution in [2.45, 2.75) is 13.8 Å². The standard InChI is InChI=1S/C16H18ClN3O2/c1-11-15(22-12(2)18-11)16(21)20-8-6-19(7-9-20)14-5-3-4-13(17)10-14/h3-5,10H,6-9H2,1-2H3. The summed E-state index contributed by atoms with van der Waals surface area (Å²) in [5.74, 6) is 0.802. The van der Waals surface area contributed by atoms with Crippen LogP contribution < -0.4 is 4.90 Å². The first-order chi connectivity index (χ1) is 10.5. The van der Waals surface area contributed by atoms with Crippen LogP contribution in [0.5, 0.6) is 0 Å². The maximum Gasteiger partial charge on any atom is 0.291 e. The summed E-state index contributed by atoms with van der Waals surface area (Å²) in [6.45, 7) is 6.42. The average Bonchev–Trinajstić information content (AvgIpc) is 2.85. The molecular formula is C16H18ClN3O2. The second kappa shape index (κ2) is 6.01. The molecule has 0 N–H and O–H groups in total. The largest absolute Gasteiger partial charge is 0.436 e. The molecular weight excluding hydrogens is 302 g/mol. The molecule has 1 aliphatic heterocycles. The van der Waals surface area contributed by atoms with Crippen molar-refractivity contribution in [1.82, 2.24) is 9.88 Å². The Hall–Kier alpha value is -2.01. The normalized spacial score (nSPS) is 15.2. The third kappa shape index (κ3) is 2.95. The van der Waals surface area contributed by atoms with E-state index in [1.165, 1.54) is 0 Å². The van der Waals surface area contributed by atoms with E-state index in [2.05, 4.69) is 9.88 Å². The number of benzene rings is 1. The number of hydrogen-bond donors (Lipinski definition) is 0. The number of anilines is 1. The van der Waals surface area contributed by atoms with Gasteiger partial charge in [-0.3, -0.25) is 4.79 Å². The van der Waals surface area contributed by atoms with Crippen LogP contribution in [0.3, 0.4) is 0 Å². The molecule has 0 unspecified atom stereocenters. The van der Waals surface area contributed by atoms with Gasteiger partial charge in [0.05, 0.1) is 5.69 Å². The van der Waals surface area contributed by atoms with E-state index < -0.39 is 0 Å². The fraction of sp³-hybridized carbons (Fsp3) is 0.375. The minimum Gasteiger partial charge on any atom is -0.436 e. The third-order valence-corrected chi connectivity index (χ3v) is 4.07. The minimum atomic E-state index is -0.0798. The number of halogens is 1. The molecule has 0 radical (unpaired) electrons.